The average molecular weight is 300 g/mol. The molecule has 4 atom stereocenters. The third-order valence-corrected chi connectivity index (χ3v) is 4.43. The molecular weight excluding hydrogens is 268 g/mol. The highest BCUT2D eigenvalue weighted by Crippen LogP contribution is 2.29. The normalized spacial score (nSPS) is 39.1. The van der Waals surface area contributed by atoms with Crippen molar-refractivity contribution in [3.05, 3.63) is 0 Å². The van der Waals surface area contributed by atoms with Gasteiger partial charge in [-0.1, -0.05) is 0 Å². The van der Waals surface area contributed by atoms with Gasteiger partial charge >= 0.3 is 0 Å². The second-order valence-corrected chi connectivity index (χ2v) is 6.69. The summed E-state index contributed by atoms with van der Waals surface area (Å²) in [6.45, 7) is 17.1. The van der Waals surface area contributed by atoms with E-state index in [-0.39, 0.29) is 30.3 Å². The molecule has 4 unspecified atom stereocenters. The highest BCUT2D eigenvalue weighted by Gasteiger charge is 2.44. The van der Waals surface area contributed by atoms with Gasteiger partial charge in [0, 0.05) is 32.8 Å². The Morgan fingerprint density at radius 1 is 0.857 bits per heavy atom. The molecule has 0 aromatic heterocycles. The van der Waals surface area contributed by atoms with E-state index >= 15 is 0 Å². The first kappa shape index (κ1) is 17.2. The molecule has 124 valence electrons. The standard InChI is InChI=1S/C16H32N2O3/c1-7-19-16(6,17-8-12(2)20-13(3)9-17)18-10-14(4)21-15(5)11-18/h12-15H,7-11H2,1-6H3. The summed E-state index contributed by atoms with van der Waals surface area (Å²) in [5.74, 6) is -0.382. The van der Waals surface area contributed by atoms with E-state index in [0.717, 1.165) is 26.2 Å². The number of hydrogen-bond donors (Lipinski definition) is 0. The molecule has 0 aliphatic carbocycles. The molecule has 0 spiro atoms. The summed E-state index contributed by atoms with van der Waals surface area (Å²) in [6, 6.07) is 0. The van der Waals surface area contributed by atoms with E-state index in [1.807, 2.05) is 0 Å². The summed E-state index contributed by atoms with van der Waals surface area (Å²) in [5.41, 5.74) is 0. The second-order valence-electron chi connectivity index (χ2n) is 6.69. The quantitative estimate of drug-likeness (QED) is 0.792. The third kappa shape index (κ3) is 3.96. The molecule has 0 amide bonds. The number of ether oxygens (including phenoxy) is 3. The van der Waals surface area contributed by atoms with Crippen LogP contribution in [0.2, 0.25) is 0 Å². The van der Waals surface area contributed by atoms with Gasteiger partial charge in [0.15, 0.2) is 5.85 Å². The summed E-state index contributed by atoms with van der Waals surface area (Å²) in [5, 5.41) is 0. The van der Waals surface area contributed by atoms with Crippen molar-refractivity contribution in [1.29, 1.82) is 0 Å². The van der Waals surface area contributed by atoms with Crippen LogP contribution < -0.4 is 0 Å². The SMILES string of the molecule is CCOC(C)(N1CC(C)OC(C)C1)N1CC(C)OC(C)C1. The Hall–Kier alpha value is -0.200. The van der Waals surface area contributed by atoms with Crippen molar-refractivity contribution in [2.24, 2.45) is 0 Å². The predicted molar refractivity (Wildman–Crippen MR) is 83.2 cm³/mol. The Morgan fingerprint density at radius 2 is 1.19 bits per heavy atom. The molecular formula is C16H32N2O3. The van der Waals surface area contributed by atoms with Crippen LogP contribution >= 0.6 is 0 Å². The largest absolute Gasteiger partial charge is 0.373 e. The number of rotatable bonds is 4. The van der Waals surface area contributed by atoms with Crippen LogP contribution in [-0.4, -0.2) is 72.9 Å². The number of morpholine rings is 2. The van der Waals surface area contributed by atoms with Gasteiger partial charge in [-0.2, -0.15) is 0 Å². The second kappa shape index (κ2) is 6.92. The zero-order valence-electron chi connectivity index (χ0n) is 14.5. The fourth-order valence-electron chi connectivity index (χ4n) is 3.69. The smallest absolute Gasteiger partial charge is 0.177 e. The summed E-state index contributed by atoms with van der Waals surface area (Å²) < 4.78 is 18.0. The molecule has 2 heterocycles. The van der Waals surface area contributed by atoms with Gasteiger partial charge in [-0.3, -0.25) is 9.80 Å². The molecule has 5 heteroatoms. The van der Waals surface area contributed by atoms with Crippen LogP contribution in [0, 0.1) is 0 Å². The van der Waals surface area contributed by atoms with Crippen molar-refractivity contribution < 1.29 is 14.2 Å². The minimum absolute atomic E-state index is 0.240. The van der Waals surface area contributed by atoms with Gasteiger partial charge in [0.05, 0.1) is 24.4 Å². The molecule has 2 aliphatic rings. The van der Waals surface area contributed by atoms with E-state index < -0.39 is 0 Å². The molecule has 0 bridgehead atoms. The molecule has 0 aromatic carbocycles. The summed E-state index contributed by atoms with van der Waals surface area (Å²) >= 11 is 0. The van der Waals surface area contributed by atoms with Gasteiger partial charge in [0.2, 0.25) is 0 Å². The minimum atomic E-state index is -0.382. The van der Waals surface area contributed by atoms with Crippen LogP contribution in [0.25, 0.3) is 0 Å². The molecule has 0 radical (unpaired) electrons. The maximum atomic E-state index is 6.24. The van der Waals surface area contributed by atoms with Crippen LogP contribution in [0.1, 0.15) is 41.5 Å². The van der Waals surface area contributed by atoms with Crippen LogP contribution in [0.5, 0.6) is 0 Å². The van der Waals surface area contributed by atoms with Gasteiger partial charge in [-0.05, 0) is 41.5 Å². The zero-order valence-corrected chi connectivity index (χ0v) is 14.5. The first-order valence-electron chi connectivity index (χ1n) is 8.30. The third-order valence-electron chi connectivity index (χ3n) is 4.43. The molecule has 0 aromatic rings. The summed E-state index contributed by atoms with van der Waals surface area (Å²) in [7, 11) is 0. The van der Waals surface area contributed by atoms with E-state index in [2.05, 4.69) is 51.3 Å². The van der Waals surface area contributed by atoms with Crippen molar-refractivity contribution in [2.75, 3.05) is 32.8 Å². The Balaban J connectivity index is 2.18. The topological polar surface area (TPSA) is 34.2 Å². The van der Waals surface area contributed by atoms with E-state index in [0.29, 0.717) is 6.61 Å². The van der Waals surface area contributed by atoms with Crippen molar-refractivity contribution in [3.63, 3.8) is 0 Å². The first-order chi connectivity index (χ1) is 9.85. The van der Waals surface area contributed by atoms with Gasteiger partial charge in [-0.25, -0.2) is 0 Å². The Bertz CT molecular complexity index is 293. The average Bonchev–Trinajstić information content (AvgIpc) is 2.36. The van der Waals surface area contributed by atoms with Gasteiger partial charge in [0.1, 0.15) is 0 Å². The van der Waals surface area contributed by atoms with Crippen molar-refractivity contribution in [2.45, 2.75) is 71.8 Å². The first-order valence-corrected chi connectivity index (χ1v) is 8.30. The van der Waals surface area contributed by atoms with Gasteiger partial charge in [0.25, 0.3) is 0 Å². The van der Waals surface area contributed by atoms with Crippen LogP contribution in [0.15, 0.2) is 0 Å². The lowest BCUT2D eigenvalue weighted by molar-refractivity contribution is -0.282. The maximum Gasteiger partial charge on any atom is 0.177 e. The predicted octanol–water partition coefficient (Wildman–Crippen LogP) is 1.92. The minimum Gasteiger partial charge on any atom is -0.373 e. The lowest BCUT2D eigenvalue weighted by atomic mass is 10.1. The molecule has 5 nitrogen and oxygen atoms in total. The van der Waals surface area contributed by atoms with Crippen LogP contribution in [0.4, 0.5) is 0 Å². The highest BCUT2D eigenvalue weighted by molar-refractivity contribution is 4.88. The van der Waals surface area contributed by atoms with E-state index in [1.54, 1.807) is 0 Å². The molecule has 0 saturated carbocycles. The van der Waals surface area contributed by atoms with E-state index in [1.165, 1.54) is 0 Å². The summed E-state index contributed by atoms with van der Waals surface area (Å²) in [6.07, 6.45) is 0.961. The molecule has 2 fully saturated rings. The van der Waals surface area contributed by atoms with Gasteiger partial charge < -0.3 is 14.2 Å². The Labute approximate surface area is 129 Å². The summed E-state index contributed by atoms with van der Waals surface area (Å²) in [4.78, 5) is 4.86. The van der Waals surface area contributed by atoms with Crippen molar-refractivity contribution in [3.8, 4) is 0 Å². The maximum absolute atomic E-state index is 6.24. The fourth-order valence-corrected chi connectivity index (χ4v) is 3.69. The lowest BCUT2D eigenvalue weighted by Gasteiger charge is -2.53. The highest BCUT2D eigenvalue weighted by atomic mass is 16.5. The van der Waals surface area contributed by atoms with E-state index in [9.17, 15) is 0 Å². The van der Waals surface area contributed by atoms with Gasteiger partial charge in [-0.15, -0.1) is 0 Å². The Morgan fingerprint density at radius 3 is 1.48 bits per heavy atom. The molecule has 2 rings (SSSR count). The van der Waals surface area contributed by atoms with Crippen LogP contribution in [-0.2, 0) is 14.2 Å². The molecule has 2 saturated heterocycles. The monoisotopic (exact) mass is 300 g/mol. The Kier molecular flexibility index (Phi) is 5.65. The van der Waals surface area contributed by atoms with E-state index in [4.69, 9.17) is 14.2 Å². The molecule has 21 heavy (non-hydrogen) atoms. The van der Waals surface area contributed by atoms with Crippen molar-refractivity contribution in [1.82, 2.24) is 9.80 Å². The number of nitrogens with zero attached hydrogens (tertiary/aromatic N) is 2. The van der Waals surface area contributed by atoms with Crippen LogP contribution in [0.3, 0.4) is 0 Å². The molecule has 2 aliphatic heterocycles. The molecule has 0 N–H and O–H groups in total. The number of hydrogen-bond acceptors (Lipinski definition) is 5. The van der Waals surface area contributed by atoms with Crippen molar-refractivity contribution >= 4 is 0 Å². The fraction of sp³-hybridized carbons (Fsp3) is 1.00. The lowest BCUT2D eigenvalue weighted by Crippen LogP contribution is -2.68. The zero-order chi connectivity index (χ0) is 15.6.